The second-order valence-corrected chi connectivity index (χ2v) is 6.72. The number of rotatable bonds is 2. The summed E-state index contributed by atoms with van der Waals surface area (Å²) in [6.45, 7) is 1.15. The molecule has 0 radical (unpaired) electrons. The number of phenolic OH excluding ortho intramolecular Hbond substituents is 1. The largest absolute Gasteiger partial charge is 0.507 e. The number of phenols is 1. The highest BCUT2D eigenvalue weighted by molar-refractivity contribution is 6.37. The summed E-state index contributed by atoms with van der Waals surface area (Å²) in [4.78, 5) is 28.1. The molecular weight excluding hydrogens is 382 g/mol. The number of carbonyl (C=O) groups is 2. The van der Waals surface area contributed by atoms with E-state index >= 15 is 0 Å². The number of aromatic hydroxyl groups is 1. The van der Waals surface area contributed by atoms with Crippen molar-refractivity contribution in [1.29, 1.82) is 0 Å². The third-order valence-electron chi connectivity index (χ3n) is 4.17. The van der Waals surface area contributed by atoms with Crippen molar-refractivity contribution >= 4 is 35.0 Å². The van der Waals surface area contributed by atoms with Crippen molar-refractivity contribution in [3.05, 3.63) is 63.4 Å². The van der Waals surface area contributed by atoms with E-state index in [-0.39, 0.29) is 45.9 Å². The van der Waals surface area contributed by atoms with Gasteiger partial charge in [-0.15, -0.1) is 0 Å². The van der Waals surface area contributed by atoms with Gasteiger partial charge in [-0.1, -0.05) is 29.3 Å². The minimum atomic E-state index is -0.475. The van der Waals surface area contributed by atoms with Crippen LogP contribution >= 0.6 is 23.2 Å². The third-order valence-corrected chi connectivity index (χ3v) is 4.69. The smallest absolute Gasteiger partial charge is 0.259 e. The highest BCUT2D eigenvalue weighted by Crippen LogP contribution is 2.31. The number of hydrogen-bond acceptors (Lipinski definition) is 3. The van der Waals surface area contributed by atoms with Crippen LogP contribution in [0.1, 0.15) is 20.7 Å². The van der Waals surface area contributed by atoms with Crippen LogP contribution in [0, 0.1) is 5.82 Å². The van der Waals surface area contributed by atoms with Crippen LogP contribution in [0.4, 0.5) is 4.39 Å². The maximum atomic E-state index is 13.3. The second kappa shape index (κ2) is 7.51. The molecule has 2 amide bonds. The Kier molecular flexibility index (Phi) is 5.34. The summed E-state index contributed by atoms with van der Waals surface area (Å²) >= 11 is 11.8. The number of carbonyl (C=O) groups excluding carboxylic acids is 2. The quantitative estimate of drug-likeness (QED) is 0.845. The zero-order chi connectivity index (χ0) is 18.8. The van der Waals surface area contributed by atoms with Gasteiger partial charge in [0, 0.05) is 36.8 Å². The lowest BCUT2D eigenvalue weighted by atomic mass is 10.1. The molecule has 3 rings (SSSR count). The Bertz CT molecular complexity index is 844. The number of piperazine rings is 1. The van der Waals surface area contributed by atoms with Crippen LogP contribution in [0.5, 0.6) is 5.75 Å². The predicted octanol–water partition coefficient (Wildman–Crippen LogP) is 3.44. The normalized spacial score (nSPS) is 14.4. The highest BCUT2D eigenvalue weighted by Gasteiger charge is 2.28. The summed E-state index contributed by atoms with van der Waals surface area (Å²) in [7, 11) is 0. The van der Waals surface area contributed by atoms with Gasteiger partial charge in [-0.25, -0.2) is 4.39 Å². The minimum absolute atomic E-state index is 0.0130. The highest BCUT2D eigenvalue weighted by atomic mass is 35.5. The molecule has 0 saturated carbocycles. The Labute approximate surface area is 159 Å². The minimum Gasteiger partial charge on any atom is -0.507 e. The van der Waals surface area contributed by atoms with Crippen LogP contribution in [0.2, 0.25) is 10.0 Å². The number of amides is 2. The second-order valence-electron chi connectivity index (χ2n) is 5.88. The molecule has 0 unspecified atom stereocenters. The van der Waals surface area contributed by atoms with Gasteiger partial charge in [-0.3, -0.25) is 9.59 Å². The van der Waals surface area contributed by atoms with Crippen LogP contribution in [-0.2, 0) is 0 Å². The van der Waals surface area contributed by atoms with Crippen molar-refractivity contribution in [3.8, 4) is 5.75 Å². The van der Waals surface area contributed by atoms with Gasteiger partial charge in [0.15, 0.2) is 0 Å². The van der Waals surface area contributed by atoms with Crippen molar-refractivity contribution in [1.82, 2.24) is 9.80 Å². The van der Waals surface area contributed by atoms with Crippen LogP contribution in [0.15, 0.2) is 36.4 Å². The molecule has 1 N–H and O–H groups in total. The molecule has 26 heavy (non-hydrogen) atoms. The number of benzene rings is 2. The van der Waals surface area contributed by atoms with E-state index < -0.39 is 11.7 Å². The van der Waals surface area contributed by atoms with Crippen molar-refractivity contribution in [2.75, 3.05) is 26.2 Å². The number of hydrogen-bond donors (Lipinski definition) is 1. The molecule has 1 aliphatic rings. The summed E-state index contributed by atoms with van der Waals surface area (Å²) < 4.78 is 13.3. The van der Waals surface area contributed by atoms with Gasteiger partial charge in [0.1, 0.15) is 11.6 Å². The molecule has 1 saturated heterocycles. The summed E-state index contributed by atoms with van der Waals surface area (Å²) in [6.07, 6.45) is 0. The van der Waals surface area contributed by atoms with Gasteiger partial charge in [0.05, 0.1) is 10.6 Å². The van der Waals surface area contributed by atoms with Gasteiger partial charge >= 0.3 is 0 Å². The average Bonchev–Trinajstić information content (AvgIpc) is 2.60. The lowest BCUT2D eigenvalue weighted by molar-refractivity contribution is 0.0533. The van der Waals surface area contributed by atoms with Gasteiger partial charge in [-0.2, -0.15) is 0 Å². The van der Waals surface area contributed by atoms with Crippen LogP contribution in [0.25, 0.3) is 0 Å². The fourth-order valence-electron chi connectivity index (χ4n) is 2.85. The molecule has 2 aromatic carbocycles. The fourth-order valence-corrected chi connectivity index (χ4v) is 3.41. The Morgan fingerprint density at radius 2 is 1.58 bits per heavy atom. The summed E-state index contributed by atoms with van der Waals surface area (Å²) in [6, 6.07) is 8.13. The van der Waals surface area contributed by atoms with E-state index in [0.29, 0.717) is 13.1 Å². The summed E-state index contributed by atoms with van der Waals surface area (Å²) in [5, 5.41) is 10.3. The molecule has 0 spiro atoms. The third kappa shape index (κ3) is 3.76. The Balaban J connectivity index is 1.69. The van der Waals surface area contributed by atoms with Crippen LogP contribution < -0.4 is 0 Å². The fraction of sp³-hybridized carbons (Fsp3) is 0.222. The monoisotopic (exact) mass is 396 g/mol. The van der Waals surface area contributed by atoms with Crippen LogP contribution in [0.3, 0.4) is 0 Å². The molecule has 8 heteroatoms. The molecule has 2 aromatic rings. The lowest BCUT2D eigenvalue weighted by Gasteiger charge is -2.35. The summed E-state index contributed by atoms with van der Waals surface area (Å²) in [5.74, 6) is -1.48. The van der Waals surface area contributed by atoms with E-state index in [1.54, 1.807) is 11.0 Å². The molecule has 1 aliphatic heterocycles. The van der Waals surface area contributed by atoms with E-state index in [9.17, 15) is 19.1 Å². The maximum Gasteiger partial charge on any atom is 0.259 e. The first-order chi connectivity index (χ1) is 12.4. The zero-order valence-corrected chi connectivity index (χ0v) is 15.1. The van der Waals surface area contributed by atoms with E-state index in [2.05, 4.69) is 0 Å². The van der Waals surface area contributed by atoms with Gasteiger partial charge in [0.25, 0.3) is 11.8 Å². The van der Waals surface area contributed by atoms with E-state index in [4.69, 9.17) is 23.2 Å². The molecule has 0 aliphatic carbocycles. The summed E-state index contributed by atoms with van der Waals surface area (Å²) in [5.41, 5.74) is 0.254. The molecule has 1 heterocycles. The first kappa shape index (κ1) is 18.5. The van der Waals surface area contributed by atoms with E-state index in [1.165, 1.54) is 35.2 Å². The van der Waals surface area contributed by atoms with E-state index in [1.807, 2.05) is 0 Å². The molecule has 136 valence electrons. The molecule has 0 bridgehead atoms. The topological polar surface area (TPSA) is 60.9 Å². The maximum absolute atomic E-state index is 13.3. The Hall–Kier alpha value is -2.31. The van der Waals surface area contributed by atoms with Crippen molar-refractivity contribution in [3.63, 3.8) is 0 Å². The Morgan fingerprint density at radius 3 is 2.15 bits per heavy atom. The SMILES string of the molecule is O=C(c1cccc(F)c1)N1CCN(C(=O)c2c(O)cc(Cl)cc2Cl)CC1. The standard InChI is InChI=1S/C18H15Cl2FN2O3/c19-12-9-14(20)16(15(24)10-12)18(26)23-6-4-22(5-7-23)17(25)11-2-1-3-13(21)8-11/h1-3,8-10,24H,4-7H2. The number of nitrogens with zero attached hydrogens (tertiary/aromatic N) is 2. The first-order valence-electron chi connectivity index (χ1n) is 7.89. The van der Waals surface area contributed by atoms with Gasteiger partial charge < -0.3 is 14.9 Å². The van der Waals surface area contributed by atoms with Gasteiger partial charge in [-0.05, 0) is 30.3 Å². The molecule has 1 fully saturated rings. The number of halogens is 3. The van der Waals surface area contributed by atoms with Crippen molar-refractivity contribution in [2.45, 2.75) is 0 Å². The lowest BCUT2D eigenvalue weighted by Crippen LogP contribution is -2.50. The first-order valence-corrected chi connectivity index (χ1v) is 8.64. The molecular formula is C18H15Cl2FN2O3. The van der Waals surface area contributed by atoms with Crippen molar-refractivity contribution < 1.29 is 19.1 Å². The Morgan fingerprint density at radius 1 is 0.962 bits per heavy atom. The van der Waals surface area contributed by atoms with E-state index in [0.717, 1.165) is 0 Å². The average molecular weight is 397 g/mol. The molecule has 0 aromatic heterocycles. The predicted molar refractivity (Wildman–Crippen MR) is 96.3 cm³/mol. The molecule has 0 atom stereocenters. The molecule has 5 nitrogen and oxygen atoms in total. The van der Waals surface area contributed by atoms with Crippen molar-refractivity contribution in [2.24, 2.45) is 0 Å². The van der Waals surface area contributed by atoms with Crippen LogP contribution in [-0.4, -0.2) is 52.9 Å². The zero-order valence-electron chi connectivity index (χ0n) is 13.6. The van der Waals surface area contributed by atoms with Gasteiger partial charge in [0.2, 0.25) is 0 Å².